The number of ether oxygens (including phenoxy) is 1. The Bertz CT molecular complexity index is 450. The van der Waals surface area contributed by atoms with Crippen molar-refractivity contribution in [3.63, 3.8) is 0 Å². The van der Waals surface area contributed by atoms with Gasteiger partial charge in [-0.15, -0.1) is 12.4 Å². The Kier molecular flexibility index (Phi) is 9.06. The minimum atomic E-state index is -0.493. The molecule has 0 saturated carbocycles. The summed E-state index contributed by atoms with van der Waals surface area (Å²) in [4.78, 5) is 11.9. The van der Waals surface area contributed by atoms with Gasteiger partial charge >= 0.3 is 0 Å². The molecule has 0 aliphatic rings. The minimum Gasteiger partial charge on any atom is -0.481 e. The van der Waals surface area contributed by atoms with Crippen LogP contribution in [-0.2, 0) is 4.79 Å². The first-order valence-electron chi connectivity index (χ1n) is 7.15. The van der Waals surface area contributed by atoms with Gasteiger partial charge in [0.1, 0.15) is 5.75 Å². The number of hydrogen-bond acceptors (Lipinski definition) is 3. The van der Waals surface area contributed by atoms with Gasteiger partial charge in [0.15, 0.2) is 6.10 Å². The Morgan fingerprint density at radius 2 is 1.90 bits per heavy atom. The highest BCUT2D eigenvalue weighted by Crippen LogP contribution is 2.25. The molecule has 21 heavy (non-hydrogen) atoms. The first kappa shape index (κ1) is 19.7. The SMILES string of the molecule is CNCCNC(=O)C(C)Oc1cc(C(C)C)ccc1C.Cl. The molecule has 0 spiro atoms. The Balaban J connectivity index is 0.00000400. The molecule has 0 heterocycles. The van der Waals surface area contributed by atoms with Gasteiger partial charge in [0.2, 0.25) is 0 Å². The number of carbonyl (C=O) groups is 1. The molecule has 1 rings (SSSR count). The molecule has 1 aromatic rings. The molecule has 0 bridgehead atoms. The lowest BCUT2D eigenvalue weighted by molar-refractivity contribution is -0.127. The zero-order valence-corrected chi connectivity index (χ0v) is 14.3. The van der Waals surface area contributed by atoms with E-state index in [2.05, 4.69) is 30.5 Å². The van der Waals surface area contributed by atoms with Crippen LogP contribution in [0.1, 0.15) is 37.8 Å². The molecule has 0 radical (unpaired) electrons. The van der Waals surface area contributed by atoms with Gasteiger partial charge in [0.05, 0.1) is 0 Å². The van der Waals surface area contributed by atoms with Gasteiger partial charge in [-0.25, -0.2) is 0 Å². The third-order valence-electron chi connectivity index (χ3n) is 3.23. The second-order valence-corrected chi connectivity index (χ2v) is 5.33. The fraction of sp³-hybridized carbons (Fsp3) is 0.562. The smallest absolute Gasteiger partial charge is 0.260 e. The van der Waals surface area contributed by atoms with Gasteiger partial charge in [-0.3, -0.25) is 4.79 Å². The van der Waals surface area contributed by atoms with Crippen LogP contribution in [0.2, 0.25) is 0 Å². The number of amides is 1. The van der Waals surface area contributed by atoms with Gasteiger partial charge < -0.3 is 15.4 Å². The van der Waals surface area contributed by atoms with Gasteiger partial charge in [-0.05, 0) is 44.0 Å². The second-order valence-electron chi connectivity index (χ2n) is 5.33. The van der Waals surface area contributed by atoms with E-state index in [4.69, 9.17) is 4.74 Å². The summed E-state index contributed by atoms with van der Waals surface area (Å²) in [6.45, 7) is 9.40. The van der Waals surface area contributed by atoms with Crippen LogP contribution in [0.25, 0.3) is 0 Å². The quantitative estimate of drug-likeness (QED) is 0.761. The Morgan fingerprint density at radius 3 is 2.48 bits per heavy atom. The predicted octanol–water partition coefficient (Wildman–Crippen LogP) is 2.64. The zero-order valence-electron chi connectivity index (χ0n) is 13.5. The van der Waals surface area contributed by atoms with E-state index < -0.39 is 6.10 Å². The summed E-state index contributed by atoms with van der Waals surface area (Å²) in [7, 11) is 1.85. The molecule has 0 aliphatic heterocycles. The molecule has 4 nitrogen and oxygen atoms in total. The Labute approximate surface area is 134 Å². The van der Waals surface area contributed by atoms with Crippen LogP contribution in [0.4, 0.5) is 0 Å². The summed E-state index contributed by atoms with van der Waals surface area (Å²) in [5, 5.41) is 5.82. The van der Waals surface area contributed by atoms with E-state index in [0.717, 1.165) is 17.9 Å². The second kappa shape index (κ2) is 9.64. The van der Waals surface area contributed by atoms with Gasteiger partial charge in [0.25, 0.3) is 5.91 Å². The summed E-state index contributed by atoms with van der Waals surface area (Å²) >= 11 is 0. The maximum absolute atomic E-state index is 11.9. The Morgan fingerprint density at radius 1 is 1.24 bits per heavy atom. The minimum absolute atomic E-state index is 0. The number of carbonyl (C=O) groups excluding carboxylic acids is 1. The summed E-state index contributed by atoms with van der Waals surface area (Å²) in [5.74, 6) is 1.14. The molecule has 0 aromatic heterocycles. The third kappa shape index (κ3) is 6.36. The number of aryl methyl sites for hydroxylation is 1. The first-order chi connectivity index (χ1) is 9.45. The molecular formula is C16H27ClN2O2. The highest BCUT2D eigenvalue weighted by Gasteiger charge is 2.15. The van der Waals surface area contributed by atoms with E-state index in [0.29, 0.717) is 12.5 Å². The largest absolute Gasteiger partial charge is 0.481 e. The molecule has 0 saturated heterocycles. The average Bonchev–Trinajstić information content (AvgIpc) is 2.41. The molecule has 0 fully saturated rings. The molecular weight excluding hydrogens is 288 g/mol. The lowest BCUT2D eigenvalue weighted by Gasteiger charge is -2.18. The fourth-order valence-electron chi connectivity index (χ4n) is 1.80. The van der Waals surface area contributed by atoms with Crippen molar-refractivity contribution in [3.8, 4) is 5.75 Å². The van der Waals surface area contributed by atoms with Crippen LogP contribution >= 0.6 is 12.4 Å². The molecule has 5 heteroatoms. The van der Waals surface area contributed by atoms with E-state index in [1.54, 1.807) is 6.92 Å². The van der Waals surface area contributed by atoms with Crippen molar-refractivity contribution in [3.05, 3.63) is 29.3 Å². The summed E-state index contributed by atoms with van der Waals surface area (Å²) in [6.07, 6.45) is -0.493. The number of benzene rings is 1. The van der Waals surface area contributed by atoms with Crippen molar-refractivity contribution in [2.75, 3.05) is 20.1 Å². The number of halogens is 1. The van der Waals surface area contributed by atoms with Crippen molar-refractivity contribution in [1.29, 1.82) is 0 Å². The summed E-state index contributed by atoms with van der Waals surface area (Å²) in [5.41, 5.74) is 2.26. The molecule has 120 valence electrons. The maximum atomic E-state index is 11.9. The van der Waals surface area contributed by atoms with Crippen LogP contribution in [0, 0.1) is 6.92 Å². The van der Waals surface area contributed by atoms with E-state index in [9.17, 15) is 4.79 Å². The lowest BCUT2D eigenvalue weighted by atomic mass is 10.0. The molecule has 2 N–H and O–H groups in total. The van der Waals surface area contributed by atoms with Gasteiger partial charge in [-0.2, -0.15) is 0 Å². The van der Waals surface area contributed by atoms with Crippen LogP contribution in [0.5, 0.6) is 5.75 Å². The monoisotopic (exact) mass is 314 g/mol. The van der Waals surface area contributed by atoms with Crippen LogP contribution in [0.3, 0.4) is 0 Å². The van der Waals surface area contributed by atoms with Crippen molar-refractivity contribution in [2.24, 2.45) is 0 Å². The van der Waals surface area contributed by atoms with E-state index in [1.165, 1.54) is 5.56 Å². The molecule has 0 aliphatic carbocycles. The molecule has 1 atom stereocenters. The van der Waals surface area contributed by atoms with E-state index in [1.807, 2.05) is 26.1 Å². The molecule has 1 aromatic carbocycles. The summed E-state index contributed by atoms with van der Waals surface area (Å²) in [6, 6.07) is 6.16. The first-order valence-corrected chi connectivity index (χ1v) is 7.15. The van der Waals surface area contributed by atoms with E-state index >= 15 is 0 Å². The topological polar surface area (TPSA) is 50.4 Å². The highest BCUT2D eigenvalue weighted by atomic mass is 35.5. The van der Waals surface area contributed by atoms with Crippen LogP contribution in [-0.4, -0.2) is 32.1 Å². The van der Waals surface area contributed by atoms with Crippen molar-refractivity contribution >= 4 is 18.3 Å². The number of hydrogen-bond donors (Lipinski definition) is 2. The zero-order chi connectivity index (χ0) is 15.1. The number of likely N-dealkylation sites (N-methyl/N-ethyl adjacent to an activating group) is 1. The third-order valence-corrected chi connectivity index (χ3v) is 3.23. The van der Waals surface area contributed by atoms with Crippen molar-refractivity contribution in [2.45, 2.75) is 39.7 Å². The standard InChI is InChI=1S/C16H26N2O2.ClH/c1-11(2)14-7-6-12(3)15(10-14)20-13(4)16(19)18-9-8-17-5;/h6-7,10-11,13,17H,8-9H2,1-5H3,(H,18,19);1H. The van der Waals surface area contributed by atoms with Gasteiger partial charge in [-0.1, -0.05) is 26.0 Å². The van der Waals surface area contributed by atoms with Crippen LogP contribution in [0.15, 0.2) is 18.2 Å². The molecule has 1 unspecified atom stereocenters. The van der Waals surface area contributed by atoms with Crippen molar-refractivity contribution in [1.82, 2.24) is 10.6 Å². The van der Waals surface area contributed by atoms with Crippen LogP contribution < -0.4 is 15.4 Å². The van der Waals surface area contributed by atoms with Gasteiger partial charge in [0, 0.05) is 13.1 Å². The lowest BCUT2D eigenvalue weighted by Crippen LogP contribution is -2.39. The fourth-order valence-corrected chi connectivity index (χ4v) is 1.80. The number of nitrogens with one attached hydrogen (secondary N) is 2. The summed E-state index contributed by atoms with van der Waals surface area (Å²) < 4.78 is 5.80. The Hall–Kier alpha value is -1.26. The molecule has 1 amide bonds. The maximum Gasteiger partial charge on any atom is 0.260 e. The average molecular weight is 315 g/mol. The number of rotatable bonds is 7. The predicted molar refractivity (Wildman–Crippen MR) is 89.5 cm³/mol. The normalized spacial score (nSPS) is 11.7. The van der Waals surface area contributed by atoms with E-state index in [-0.39, 0.29) is 18.3 Å². The van der Waals surface area contributed by atoms with Crippen molar-refractivity contribution < 1.29 is 9.53 Å². The highest BCUT2D eigenvalue weighted by molar-refractivity contribution is 5.85.